The van der Waals surface area contributed by atoms with E-state index in [-0.39, 0.29) is 5.91 Å². The summed E-state index contributed by atoms with van der Waals surface area (Å²) in [4.78, 5) is 21.9. The van der Waals surface area contributed by atoms with Crippen LogP contribution in [0.1, 0.15) is 20.9 Å². The highest BCUT2D eigenvalue weighted by Crippen LogP contribution is 2.28. The molecule has 27 heavy (non-hydrogen) atoms. The molecule has 0 bridgehead atoms. The number of hydrogen-bond acceptors (Lipinski definition) is 5. The quantitative estimate of drug-likeness (QED) is 0.572. The van der Waals surface area contributed by atoms with Crippen LogP contribution in [-0.4, -0.2) is 25.7 Å². The zero-order valence-corrected chi connectivity index (χ0v) is 15.5. The highest BCUT2D eigenvalue weighted by atomic mass is 32.1. The van der Waals surface area contributed by atoms with Crippen molar-refractivity contribution < 1.29 is 4.79 Å². The molecule has 4 rings (SSSR count). The number of benzene rings is 1. The molecule has 6 nitrogen and oxygen atoms in total. The van der Waals surface area contributed by atoms with Gasteiger partial charge in [0.25, 0.3) is 5.91 Å². The van der Waals surface area contributed by atoms with E-state index in [1.807, 2.05) is 55.6 Å². The molecule has 0 aliphatic heterocycles. The van der Waals surface area contributed by atoms with Crippen molar-refractivity contribution in [3.05, 3.63) is 83.3 Å². The normalized spacial score (nSPS) is 10.7. The predicted molar refractivity (Wildman–Crippen MR) is 106 cm³/mol. The molecule has 0 aliphatic rings. The molecule has 0 spiro atoms. The molecule has 0 unspecified atom stereocenters. The van der Waals surface area contributed by atoms with Gasteiger partial charge < -0.3 is 5.32 Å². The molecule has 1 N–H and O–H groups in total. The van der Waals surface area contributed by atoms with Gasteiger partial charge in [-0.15, -0.1) is 11.3 Å². The second-order valence-corrected chi connectivity index (χ2v) is 7.01. The van der Waals surface area contributed by atoms with Crippen LogP contribution in [-0.2, 0) is 6.54 Å². The molecule has 0 aliphatic carbocycles. The monoisotopic (exact) mass is 375 g/mol. The maximum absolute atomic E-state index is 12.6. The molecule has 1 amide bonds. The summed E-state index contributed by atoms with van der Waals surface area (Å²) < 4.78 is 1.77. The summed E-state index contributed by atoms with van der Waals surface area (Å²) in [6.45, 7) is 2.44. The van der Waals surface area contributed by atoms with E-state index in [0.29, 0.717) is 22.9 Å². The lowest BCUT2D eigenvalue weighted by atomic mass is 10.2. The maximum atomic E-state index is 12.6. The average Bonchev–Trinajstić information content (AvgIpc) is 3.29. The number of anilines is 1. The first-order valence-electron chi connectivity index (χ1n) is 8.45. The standard InChI is InChI=1S/C20H17N5OS/c1-14-18(27-20(22-14)16-7-3-2-4-8-16)19(26)23-17-9-11-25(24-17)13-15-6-5-10-21-12-15/h2-12H,13H2,1H3,(H,23,24,26). The Hall–Kier alpha value is -3.32. The minimum absolute atomic E-state index is 0.196. The van der Waals surface area contributed by atoms with Crippen LogP contribution >= 0.6 is 11.3 Å². The van der Waals surface area contributed by atoms with Gasteiger partial charge in [-0.25, -0.2) is 4.98 Å². The smallest absolute Gasteiger partial charge is 0.268 e. The number of amides is 1. The predicted octanol–water partition coefficient (Wildman–Crippen LogP) is 4.01. The van der Waals surface area contributed by atoms with Crippen LogP contribution in [0.2, 0.25) is 0 Å². The number of nitrogens with zero attached hydrogens (tertiary/aromatic N) is 4. The van der Waals surface area contributed by atoms with E-state index >= 15 is 0 Å². The zero-order valence-electron chi connectivity index (χ0n) is 14.7. The Kier molecular flexibility index (Phi) is 4.76. The number of pyridine rings is 1. The van der Waals surface area contributed by atoms with E-state index < -0.39 is 0 Å². The Balaban J connectivity index is 1.48. The van der Waals surface area contributed by atoms with Gasteiger partial charge in [0.15, 0.2) is 5.82 Å². The molecule has 7 heteroatoms. The largest absolute Gasteiger partial charge is 0.304 e. The SMILES string of the molecule is Cc1nc(-c2ccccc2)sc1C(=O)Nc1ccn(Cc2cccnc2)n1. The van der Waals surface area contributed by atoms with Crippen molar-refractivity contribution in [2.45, 2.75) is 13.5 Å². The summed E-state index contributed by atoms with van der Waals surface area (Å²) in [6.07, 6.45) is 5.36. The van der Waals surface area contributed by atoms with E-state index in [4.69, 9.17) is 0 Å². The number of carbonyl (C=O) groups excluding carboxylic acids is 1. The van der Waals surface area contributed by atoms with Crippen LogP contribution in [0.25, 0.3) is 10.6 Å². The van der Waals surface area contributed by atoms with Gasteiger partial charge in [-0.3, -0.25) is 14.5 Å². The summed E-state index contributed by atoms with van der Waals surface area (Å²) in [5.41, 5.74) is 2.76. The maximum Gasteiger partial charge on any atom is 0.268 e. The molecule has 0 atom stereocenters. The highest BCUT2D eigenvalue weighted by Gasteiger charge is 2.17. The molecule has 0 saturated heterocycles. The van der Waals surface area contributed by atoms with Crippen molar-refractivity contribution in [1.82, 2.24) is 19.7 Å². The van der Waals surface area contributed by atoms with Gasteiger partial charge in [-0.1, -0.05) is 36.4 Å². The second kappa shape index (κ2) is 7.51. The molecule has 0 saturated carbocycles. The Morgan fingerprint density at radius 2 is 2.00 bits per heavy atom. The van der Waals surface area contributed by atoms with Crippen molar-refractivity contribution in [2.24, 2.45) is 0 Å². The van der Waals surface area contributed by atoms with Crippen LogP contribution in [0, 0.1) is 6.92 Å². The summed E-state index contributed by atoms with van der Waals surface area (Å²) in [5, 5.41) is 8.09. The Morgan fingerprint density at radius 3 is 2.78 bits per heavy atom. The first-order chi connectivity index (χ1) is 13.2. The first-order valence-corrected chi connectivity index (χ1v) is 9.27. The minimum Gasteiger partial charge on any atom is -0.304 e. The summed E-state index contributed by atoms with van der Waals surface area (Å²) in [7, 11) is 0. The lowest BCUT2D eigenvalue weighted by Gasteiger charge is -2.02. The van der Waals surface area contributed by atoms with Crippen LogP contribution < -0.4 is 5.32 Å². The van der Waals surface area contributed by atoms with Gasteiger partial charge in [0.2, 0.25) is 0 Å². The summed E-state index contributed by atoms with van der Waals surface area (Å²) in [5.74, 6) is 0.316. The third-order valence-electron chi connectivity index (χ3n) is 3.97. The Bertz CT molecular complexity index is 1060. The second-order valence-electron chi connectivity index (χ2n) is 6.01. The van der Waals surface area contributed by atoms with Crippen molar-refractivity contribution in [3.63, 3.8) is 0 Å². The number of carbonyl (C=O) groups is 1. The molecule has 3 heterocycles. The fourth-order valence-electron chi connectivity index (χ4n) is 2.68. The molecular weight excluding hydrogens is 358 g/mol. The lowest BCUT2D eigenvalue weighted by molar-refractivity contribution is 0.102. The highest BCUT2D eigenvalue weighted by molar-refractivity contribution is 7.17. The number of hydrogen-bond donors (Lipinski definition) is 1. The van der Waals surface area contributed by atoms with E-state index in [1.54, 1.807) is 23.1 Å². The molecular formula is C20H17N5OS. The minimum atomic E-state index is -0.196. The van der Waals surface area contributed by atoms with E-state index in [9.17, 15) is 4.79 Å². The molecule has 4 aromatic rings. The first kappa shape index (κ1) is 17.1. The van der Waals surface area contributed by atoms with Crippen molar-refractivity contribution >= 4 is 23.1 Å². The molecule has 3 aromatic heterocycles. The molecule has 134 valence electrons. The van der Waals surface area contributed by atoms with Gasteiger partial charge in [-0.2, -0.15) is 5.10 Å². The summed E-state index contributed by atoms with van der Waals surface area (Å²) >= 11 is 1.38. The van der Waals surface area contributed by atoms with Gasteiger partial charge in [0, 0.05) is 30.2 Å². The zero-order chi connectivity index (χ0) is 18.6. The van der Waals surface area contributed by atoms with Crippen molar-refractivity contribution in [3.8, 4) is 10.6 Å². The molecule has 0 radical (unpaired) electrons. The molecule has 0 fully saturated rings. The van der Waals surface area contributed by atoms with Gasteiger partial charge >= 0.3 is 0 Å². The van der Waals surface area contributed by atoms with Crippen LogP contribution in [0.5, 0.6) is 0 Å². The number of nitrogens with one attached hydrogen (secondary N) is 1. The fourth-order valence-corrected chi connectivity index (χ4v) is 3.65. The van der Waals surface area contributed by atoms with Crippen molar-refractivity contribution in [2.75, 3.05) is 5.32 Å². The third kappa shape index (κ3) is 3.93. The van der Waals surface area contributed by atoms with Crippen LogP contribution in [0.4, 0.5) is 5.82 Å². The van der Waals surface area contributed by atoms with Gasteiger partial charge in [0.1, 0.15) is 9.88 Å². The Labute approximate surface area is 160 Å². The number of rotatable bonds is 5. The fraction of sp³-hybridized carbons (Fsp3) is 0.100. The Morgan fingerprint density at radius 1 is 1.15 bits per heavy atom. The lowest BCUT2D eigenvalue weighted by Crippen LogP contribution is -2.12. The van der Waals surface area contributed by atoms with Crippen molar-refractivity contribution in [1.29, 1.82) is 0 Å². The van der Waals surface area contributed by atoms with Crippen LogP contribution in [0.3, 0.4) is 0 Å². The van der Waals surface area contributed by atoms with Gasteiger partial charge in [0.05, 0.1) is 12.2 Å². The van der Waals surface area contributed by atoms with E-state index in [2.05, 4.69) is 20.4 Å². The number of aryl methyl sites for hydroxylation is 1. The molecule has 1 aromatic carbocycles. The average molecular weight is 375 g/mol. The van der Waals surface area contributed by atoms with Crippen LogP contribution in [0.15, 0.2) is 67.1 Å². The van der Waals surface area contributed by atoms with E-state index in [0.717, 1.165) is 16.1 Å². The third-order valence-corrected chi connectivity index (χ3v) is 5.18. The van der Waals surface area contributed by atoms with E-state index in [1.165, 1.54) is 11.3 Å². The topological polar surface area (TPSA) is 72.7 Å². The van der Waals surface area contributed by atoms with Gasteiger partial charge in [-0.05, 0) is 18.6 Å². The number of thiazole rings is 1. The number of aromatic nitrogens is 4. The summed E-state index contributed by atoms with van der Waals surface area (Å²) in [6, 6.07) is 15.5.